The second-order valence-electron chi connectivity index (χ2n) is 6.23. The van der Waals surface area contributed by atoms with Crippen molar-refractivity contribution in [3.63, 3.8) is 0 Å². The molecule has 0 spiro atoms. The number of hydrogen-bond acceptors (Lipinski definition) is 2. The summed E-state index contributed by atoms with van der Waals surface area (Å²) in [6.45, 7) is 0.746. The summed E-state index contributed by atoms with van der Waals surface area (Å²) in [5.41, 5.74) is 1.54. The lowest BCUT2D eigenvalue weighted by Gasteiger charge is -2.19. The Kier molecular flexibility index (Phi) is 5.32. The number of rotatable bonds is 6. The van der Waals surface area contributed by atoms with Crippen LogP contribution in [-0.4, -0.2) is 18.5 Å². The highest BCUT2D eigenvalue weighted by Gasteiger charge is 2.35. The van der Waals surface area contributed by atoms with Gasteiger partial charge in [0.2, 0.25) is 0 Å². The molecule has 1 saturated carbocycles. The van der Waals surface area contributed by atoms with Crippen LogP contribution in [0.25, 0.3) is 0 Å². The molecule has 1 unspecified atom stereocenters. The van der Waals surface area contributed by atoms with E-state index in [-0.39, 0.29) is 18.3 Å². The molecule has 1 aliphatic rings. The van der Waals surface area contributed by atoms with Crippen LogP contribution in [0.3, 0.4) is 0 Å². The molecule has 2 N–H and O–H groups in total. The highest BCUT2D eigenvalue weighted by Crippen LogP contribution is 2.20. The van der Waals surface area contributed by atoms with Gasteiger partial charge in [-0.25, -0.2) is 4.39 Å². The molecule has 1 amide bonds. The third kappa shape index (κ3) is 4.56. The maximum Gasteiger partial charge on any atom is 0.279 e. The Morgan fingerprint density at radius 1 is 1.32 bits per heavy atom. The number of carbonyl (C=O) groups excluding carboxylic acids is 1. The minimum atomic E-state index is -0.236. The molecule has 1 atom stereocenters. The molecule has 0 saturated heterocycles. The largest absolute Gasteiger partial charge is 0.321 e. The van der Waals surface area contributed by atoms with Crippen LogP contribution >= 0.6 is 11.6 Å². The lowest BCUT2D eigenvalue weighted by molar-refractivity contribution is -0.917. The van der Waals surface area contributed by atoms with E-state index in [1.165, 1.54) is 6.07 Å². The predicted octanol–water partition coefficient (Wildman–Crippen LogP) is 2.54. The van der Waals surface area contributed by atoms with Crippen LogP contribution in [0, 0.1) is 17.1 Å². The first-order valence-corrected chi connectivity index (χ1v) is 8.52. The van der Waals surface area contributed by atoms with Gasteiger partial charge in [0, 0.05) is 24.1 Å². The molecule has 2 aromatic rings. The zero-order valence-corrected chi connectivity index (χ0v) is 14.3. The first-order chi connectivity index (χ1) is 12.1. The van der Waals surface area contributed by atoms with Gasteiger partial charge in [-0.05, 0) is 24.3 Å². The Balaban J connectivity index is 1.64. The third-order valence-corrected chi connectivity index (χ3v) is 4.60. The molecule has 0 bridgehead atoms. The van der Waals surface area contributed by atoms with Crippen LogP contribution in [0.15, 0.2) is 42.5 Å². The molecule has 3 rings (SSSR count). The summed E-state index contributed by atoms with van der Waals surface area (Å²) in [4.78, 5) is 13.4. The van der Waals surface area contributed by atoms with E-state index in [9.17, 15) is 9.18 Å². The van der Waals surface area contributed by atoms with Crippen LogP contribution in [0.1, 0.15) is 24.0 Å². The standard InChI is InChI=1S/C19H17ClFN3O/c20-17-9-15(6-5-13(17)10-22)23-19(25)12-24(16-7-8-16)11-14-3-1-2-4-18(14)21/h1-6,9,16H,7-8,11-12H2,(H,23,25)/p+1. The quantitative estimate of drug-likeness (QED) is 0.833. The molecule has 1 fully saturated rings. The number of nitrogens with one attached hydrogen (secondary N) is 2. The van der Waals surface area contributed by atoms with Crippen molar-refractivity contribution in [3.05, 3.63) is 64.4 Å². The number of quaternary nitrogens is 1. The van der Waals surface area contributed by atoms with Crippen LogP contribution in [0.4, 0.5) is 10.1 Å². The predicted molar refractivity (Wildman–Crippen MR) is 93.8 cm³/mol. The van der Waals surface area contributed by atoms with Crippen molar-refractivity contribution in [2.24, 2.45) is 0 Å². The highest BCUT2D eigenvalue weighted by molar-refractivity contribution is 6.32. The Hall–Kier alpha value is -2.42. The van der Waals surface area contributed by atoms with Gasteiger partial charge in [-0.3, -0.25) is 4.79 Å². The van der Waals surface area contributed by atoms with Crippen LogP contribution in [-0.2, 0) is 11.3 Å². The van der Waals surface area contributed by atoms with Crippen molar-refractivity contribution in [3.8, 4) is 6.07 Å². The van der Waals surface area contributed by atoms with Crippen molar-refractivity contribution in [1.82, 2.24) is 0 Å². The van der Waals surface area contributed by atoms with E-state index in [4.69, 9.17) is 16.9 Å². The SMILES string of the molecule is N#Cc1ccc(NC(=O)C[NH+](Cc2ccccc2F)C2CC2)cc1Cl. The van der Waals surface area contributed by atoms with E-state index in [1.54, 1.807) is 30.3 Å². The molecule has 6 heteroatoms. The Bertz CT molecular complexity index is 830. The fraction of sp³-hybridized carbons (Fsp3) is 0.263. The summed E-state index contributed by atoms with van der Waals surface area (Å²) in [6.07, 6.45) is 2.11. The number of benzene rings is 2. The van der Waals surface area contributed by atoms with Crippen LogP contribution < -0.4 is 10.2 Å². The van der Waals surface area contributed by atoms with Gasteiger partial charge < -0.3 is 10.2 Å². The van der Waals surface area contributed by atoms with Gasteiger partial charge in [-0.15, -0.1) is 0 Å². The summed E-state index contributed by atoms with van der Waals surface area (Å²) in [5.74, 6) is -0.390. The minimum absolute atomic E-state index is 0.154. The molecule has 0 heterocycles. The lowest BCUT2D eigenvalue weighted by atomic mass is 10.2. The lowest BCUT2D eigenvalue weighted by Crippen LogP contribution is -3.13. The van der Waals surface area contributed by atoms with Gasteiger partial charge in [0.15, 0.2) is 6.54 Å². The molecule has 4 nitrogen and oxygen atoms in total. The zero-order valence-electron chi connectivity index (χ0n) is 13.6. The molecule has 0 radical (unpaired) electrons. The van der Waals surface area contributed by atoms with E-state index in [2.05, 4.69) is 5.32 Å². The maximum absolute atomic E-state index is 13.9. The van der Waals surface area contributed by atoms with E-state index >= 15 is 0 Å². The summed E-state index contributed by atoms with van der Waals surface area (Å²) in [5, 5.41) is 12.0. The normalized spacial score (nSPS) is 14.6. The second-order valence-corrected chi connectivity index (χ2v) is 6.64. The van der Waals surface area contributed by atoms with Crippen molar-refractivity contribution in [2.45, 2.75) is 25.4 Å². The van der Waals surface area contributed by atoms with Gasteiger partial charge in [0.05, 0.1) is 16.6 Å². The fourth-order valence-electron chi connectivity index (χ4n) is 2.82. The minimum Gasteiger partial charge on any atom is -0.321 e. The van der Waals surface area contributed by atoms with Crippen molar-refractivity contribution in [1.29, 1.82) is 5.26 Å². The molecule has 2 aromatic carbocycles. The number of hydrogen-bond donors (Lipinski definition) is 2. The molecule has 1 aliphatic carbocycles. The number of halogens is 2. The monoisotopic (exact) mass is 358 g/mol. The maximum atomic E-state index is 13.9. The van der Waals surface area contributed by atoms with Crippen LogP contribution in [0.5, 0.6) is 0 Å². The van der Waals surface area contributed by atoms with E-state index in [0.717, 1.165) is 17.7 Å². The van der Waals surface area contributed by atoms with Crippen molar-refractivity contribution < 1.29 is 14.1 Å². The number of nitrogens with zero attached hydrogens (tertiary/aromatic N) is 1. The third-order valence-electron chi connectivity index (χ3n) is 4.29. The summed E-state index contributed by atoms with van der Waals surface area (Å²) in [7, 11) is 0. The van der Waals surface area contributed by atoms with Gasteiger partial charge in [-0.2, -0.15) is 5.26 Å². The van der Waals surface area contributed by atoms with Crippen LogP contribution in [0.2, 0.25) is 5.02 Å². The Labute approximate surface area is 150 Å². The van der Waals surface area contributed by atoms with Gasteiger partial charge >= 0.3 is 0 Å². The molecule has 25 heavy (non-hydrogen) atoms. The average molecular weight is 359 g/mol. The molecule has 128 valence electrons. The van der Waals surface area contributed by atoms with Gasteiger partial charge in [0.25, 0.3) is 5.91 Å². The second kappa shape index (κ2) is 7.64. The van der Waals surface area contributed by atoms with Crippen molar-refractivity contribution in [2.75, 3.05) is 11.9 Å². The molecular weight excluding hydrogens is 341 g/mol. The van der Waals surface area contributed by atoms with Gasteiger partial charge in [0.1, 0.15) is 18.4 Å². The first-order valence-electron chi connectivity index (χ1n) is 8.14. The summed E-state index contributed by atoms with van der Waals surface area (Å²) in [6, 6.07) is 13.8. The number of amides is 1. The topological polar surface area (TPSA) is 57.3 Å². The number of anilines is 1. The Morgan fingerprint density at radius 3 is 2.72 bits per heavy atom. The molecule has 0 aliphatic heterocycles. The number of carbonyl (C=O) groups is 1. The zero-order chi connectivity index (χ0) is 17.8. The fourth-order valence-corrected chi connectivity index (χ4v) is 3.05. The average Bonchev–Trinajstić information content (AvgIpc) is 3.41. The van der Waals surface area contributed by atoms with E-state index in [0.29, 0.717) is 34.4 Å². The summed E-state index contributed by atoms with van der Waals surface area (Å²) < 4.78 is 13.9. The van der Waals surface area contributed by atoms with Crippen molar-refractivity contribution >= 4 is 23.2 Å². The smallest absolute Gasteiger partial charge is 0.279 e. The van der Waals surface area contributed by atoms with Gasteiger partial charge in [-0.1, -0.05) is 29.8 Å². The summed E-state index contributed by atoms with van der Waals surface area (Å²) >= 11 is 5.98. The molecule has 0 aromatic heterocycles. The Morgan fingerprint density at radius 2 is 2.08 bits per heavy atom. The van der Waals surface area contributed by atoms with E-state index < -0.39 is 0 Å². The first kappa shape index (κ1) is 17.4. The molecular formula is C19H18ClFN3O+. The highest BCUT2D eigenvalue weighted by atomic mass is 35.5. The van der Waals surface area contributed by atoms with E-state index in [1.807, 2.05) is 12.1 Å². The number of nitriles is 1.